The van der Waals surface area contributed by atoms with Crippen LogP contribution in [-0.4, -0.2) is 36.5 Å². The fraction of sp³-hybridized carbons (Fsp3) is 0.0909. The second kappa shape index (κ2) is 10.4. The zero-order chi connectivity index (χ0) is 23.1. The first kappa shape index (κ1) is 23.4. The molecule has 3 aromatic carbocycles. The van der Waals surface area contributed by atoms with Crippen LogP contribution in [0, 0.1) is 5.82 Å². The number of rotatable bonds is 8. The molecule has 0 spiro atoms. The Kier molecular flexibility index (Phi) is 7.57. The van der Waals surface area contributed by atoms with Crippen LogP contribution >= 0.6 is 11.6 Å². The molecule has 3 rings (SSSR count). The lowest BCUT2D eigenvalue weighted by Crippen LogP contribution is -2.39. The topological polar surface area (TPSA) is 99.1 Å². The van der Waals surface area contributed by atoms with Crippen LogP contribution in [-0.2, 0) is 21.4 Å². The highest BCUT2D eigenvalue weighted by Crippen LogP contribution is 2.21. The van der Waals surface area contributed by atoms with E-state index in [0.717, 1.165) is 4.31 Å². The number of nitrogens with one attached hydrogen (secondary N) is 1. The van der Waals surface area contributed by atoms with Gasteiger partial charge in [0.25, 0.3) is 5.91 Å². The molecule has 0 bridgehead atoms. The molecule has 0 fully saturated rings. The molecule has 166 valence electrons. The van der Waals surface area contributed by atoms with Crippen molar-refractivity contribution in [3.8, 4) is 5.75 Å². The van der Waals surface area contributed by atoms with Crippen LogP contribution in [0.5, 0.6) is 5.75 Å². The van der Waals surface area contributed by atoms with E-state index in [1.54, 1.807) is 18.2 Å². The molecule has 0 aliphatic heterocycles. The summed E-state index contributed by atoms with van der Waals surface area (Å²) in [5.74, 6) is -1.22. The van der Waals surface area contributed by atoms with Crippen molar-refractivity contribution in [2.45, 2.75) is 11.4 Å². The highest BCUT2D eigenvalue weighted by molar-refractivity contribution is 7.89. The van der Waals surface area contributed by atoms with Crippen molar-refractivity contribution < 1.29 is 22.7 Å². The van der Waals surface area contributed by atoms with Gasteiger partial charge in [0.05, 0.1) is 17.7 Å². The number of phenolic OH excluding ortho intramolecular Hbond substituents is 1. The third-order valence-corrected chi connectivity index (χ3v) is 6.43. The van der Waals surface area contributed by atoms with Gasteiger partial charge in [0, 0.05) is 17.1 Å². The Hall–Kier alpha value is -3.27. The van der Waals surface area contributed by atoms with Gasteiger partial charge >= 0.3 is 0 Å². The molecule has 0 saturated carbocycles. The molecular weight excluding hydrogens is 457 g/mol. The lowest BCUT2D eigenvalue weighted by atomic mass is 10.2. The summed E-state index contributed by atoms with van der Waals surface area (Å²) in [6.07, 6.45) is 1.34. The van der Waals surface area contributed by atoms with Crippen molar-refractivity contribution in [3.05, 3.63) is 94.8 Å². The first-order valence-corrected chi connectivity index (χ1v) is 11.2. The molecule has 0 aliphatic carbocycles. The van der Waals surface area contributed by atoms with Gasteiger partial charge in [-0.2, -0.15) is 9.41 Å². The molecule has 2 N–H and O–H groups in total. The molecule has 0 aliphatic rings. The summed E-state index contributed by atoms with van der Waals surface area (Å²) in [5, 5.41) is 13.4. The second-order valence-electron chi connectivity index (χ2n) is 6.70. The Morgan fingerprint density at radius 3 is 2.38 bits per heavy atom. The number of nitrogens with zero attached hydrogens (tertiary/aromatic N) is 2. The molecule has 0 atom stereocenters. The highest BCUT2D eigenvalue weighted by atomic mass is 35.5. The highest BCUT2D eigenvalue weighted by Gasteiger charge is 2.27. The van der Waals surface area contributed by atoms with Crippen molar-refractivity contribution in [1.82, 2.24) is 9.73 Å². The first-order valence-electron chi connectivity index (χ1n) is 9.36. The van der Waals surface area contributed by atoms with Crippen LogP contribution < -0.4 is 5.43 Å². The zero-order valence-corrected chi connectivity index (χ0v) is 18.2. The minimum atomic E-state index is -4.14. The van der Waals surface area contributed by atoms with Gasteiger partial charge in [0.15, 0.2) is 0 Å². The number of phenols is 1. The summed E-state index contributed by atoms with van der Waals surface area (Å²) >= 11 is 5.84. The van der Waals surface area contributed by atoms with E-state index in [4.69, 9.17) is 11.6 Å². The number of halogens is 2. The zero-order valence-electron chi connectivity index (χ0n) is 16.7. The molecule has 10 heteroatoms. The van der Waals surface area contributed by atoms with Gasteiger partial charge in [-0.05, 0) is 60.2 Å². The van der Waals surface area contributed by atoms with Crippen molar-refractivity contribution in [3.63, 3.8) is 0 Å². The van der Waals surface area contributed by atoms with E-state index in [-0.39, 0.29) is 22.8 Å². The second-order valence-corrected chi connectivity index (χ2v) is 9.08. The lowest BCUT2D eigenvalue weighted by molar-refractivity contribution is -0.121. The predicted octanol–water partition coefficient (Wildman–Crippen LogP) is 3.53. The van der Waals surface area contributed by atoms with Crippen molar-refractivity contribution in [2.24, 2.45) is 5.10 Å². The van der Waals surface area contributed by atoms with Crippen LogP contribution in [0.1, 0.15) is 11.1 Å². The number of carbonyl (C=O) groups excluding carboxylic acids is 1. The Balaban J connectivity index is 1.80. The number of hydrogen-bond acceptors (Lipinski definition) is 5. The molecule has 0 heterocycles. The minimum Gasteiger partial charge on any atom is -0.508 e. The maximum Gasteiger partial charge on any atom is 0.255 e. The van der Waals surface area contributed by atoms with Gasteiger partial charge in [0.1, 0.15) is 11.6 Å². The summed E-state index contributed by atoms with van der Waals surface area (Å²) < 4.78 is 41.3. The monoisotopic (exact) mass is 475 g/mol. The van der Waals surface area contributed by atoms with E-state index in [1.165, 1.54) is 60.8 Å². The van der Waals surface area contributed by atoms with Gasteiger partial charge in [-0.25, -0.2) is 18.2 Å². The molecule has 0 saturated heterocycles. The summed E-state index contributed by atoms with van der Waals surface area (Å²) in [4.78, 5) is 12.3. The first-order chi connectivity index (χ1) is 15.3. The molecule has 0 aromatic heterocycles. The van der Waals surface area contributed by atoms with Gasteiger partial charge in [-0.1, -0.05) is 29.8 Å². The van der Waals surface area contributed by atoms with Crippen LogP contribution in [0.3, 0.4) is 0 Å². The fourth-order valence-corrected chi connectivity index (χ4v) is 4.23. The van der Waals surface area contributed by atoms with E-state index in [9.17, 15) is 22.7 Å². The smallest absolute Gasteiger partial charge is 0.255 e. The van der Waals surface area contributed by atoms with Gasteiger partial charge in [-0.15, -0.1) is 0 Å². The van der Waals surface area contributed by atoms with E-state index in [1.807, 2.05) is 0 Å². The summed E-state index contributed by atoms with van der Waals surface area (Å²) in [7, 11) is -4.14. The molecule has 0 unspecified atom stereocenters. The number of benzene rings is 3. The Labute approximate surface area is 189 Å². The average molecular weight is 476 g/mol. The number of sulfonamides is 1. The van der Waals surface area contributed by atoms with Gasteiger partial charge in [-0.3, -0.25) is 4.79 Å². The van der Waals surface area contributed by atoms with E-state index in [0.29, 0.717) is 10.6 Å². The normalized spacial score (nSPS) is 11.7. The van der Waals surface area contributed by atoms with Crippen LogP contribution in [0.25, 0.3) is 0 Å². The van der Waals surface area contributed by atoms with E-state index in [2.05, 4.69) is 10.5 Å². The van der Waals surface area contributed by atoms with Crippen LogP contribution in [0.4, 0.5) is 4.39 Å². The lowest BCUT2D eigenvalue weighted by Gasteiger charge is -2.21. The minimum absolute atomic E-state index is 0.0846. The summed E-state index contributed by atoms with van der Waals surface area (Å²) in [6.45, 7) is -0.945. The molecule has 7 nitrogen and oxygen atoms in total. The third-order valence-electron chi connectivity index (χ3n) is 4.37. The van der Waals surface area contributed by atoms with Gasteiger partial charge < -0.3 is 5.11 Å². The third kappa shape index (κ3) is 6.13. The molecule has 32 heavy (non-hydrogen) atoms. The van der Waals surface area contributed by atoms with Crippen LogP contribution in [0.2, 0.25) is 5.02 Å². The number of hydrogen-bond donors (Lipinski definition) is 2. The van der Waals surface area contributed by atoms with E-state index >= 15 is 0 Å². The number of amides is 1. The SMILES string of the molecule is O=C(CN(Cc1ccccc1F)S(=O)(=O)c1ccc(Cl)cc1)N/N=C\c1ccc(O)cc1. The molecule has 1 amide bonds. The maximum atomic E-state index is 14.2. The predicted molar refractivity (Wildman–Crippen MR) is 119 cm³/mol. The maximum absolute atomic E-state index is 14.2. The van der Waals surface area contributed by atoms with Crippen LogP contribution in [0.15, 0.2) is 82.8 Å². The summed E-state index contributed by atoms with van der Waals surface area (Å²) in [6, 6.07) is 17.3. The fourth-order valence-electron chi connectivity index (χ4n) is 2.73. The number of aromatic hydroxyl groups is 1. The Morgan fingerprint density at radius 2 is 1.72 bits per heavy atom. The Bertz CT molecular complexity index is 1220. The quantitative estimate of drug-likeness (QED) is 0.384. The summed E-state index contributed by atoms with van der Waals surface area (Å²) in [5.41, 5.74) is 2.98. The molecule has 0 radical (unpaired) electrons. The van der Waals surface area contributed by atoms with E-state index < -0.39 is 28.3 Å². The van der Waals surface area contributed by atoms with Crippen molar-refractivity contribution >= 4 is 33.7 Å². The number of hydrazone groups is 1. The van der Waals surface area contributed by atoms with Crippen molar-refractivity contribution in [2.75, 3.05) is 6.54 Å². The Morgan fingerprint density at radius 1 is 1.06 bits per heavy atom. The molecular formula is C22H19ClFN3O4S. The van der Waals surface area contributed by atoms with Gasteiger partial charge in [0.2, 0.25) is 10.0 Å². The largest absolute Gasteiger partial charge is 0.508 e. The number of carbonyl (C=O) groups is 1. The molecule has 3 aromatic rings. The van der Waals surface area contributed by atoms with Crippen molar-refractivity contribution in [1.29, 1.82) is 0 Å². The average Bonchev–Trinajstić information content (AvgIpc) is 2.76. The standard InChI is InChI=1S/C22H19ClFN3O4S/c23-18-7-11-20(12-8-18)32(30,31)27(14-17-3-1-2-4-21(17)24)15-22(29)26-25-13-16-5-9-19(28)10-6-16/h1-13,28H,14-15H2,(H,26,29)/b25-13-.